The summed E-state index contributed by atoms with van der Waals surface area (Å²) in [5.74, 6) is 2.16. The van der Waals surface area contributed by atoms with E-state index in [1.165, 1.54) is 87.7 Å². The predicted molar refractivity (Wildman–Crippen MR) is 199 cm³/mol. The molecule has 3 nitrogen and oxygen atoms in total. The van der Waals surface area contributed by atoms with E-state index in [1.54, 1.807) is 0 Å². The van der Waals surface area contributed by atoms with E-state index in [0.29, 0.717) is 5.82 Å². The number of fused-ring (bicyclic) bond motifs is 8. The van der Waals surface area contributed by atoms with Crippen LogP contribution >= 0.6 is 0 Å². The maximum absolute atomic E-state index is 5.31. The standard InChI is InChI=1S/C46H35N3/c1-4-14-30(15-5-1)33-19-12-20-34-35-21-13-22-38(40(35)29-39(33)34)45-48-43(31-16-6-2-7-17-31)47-44(49-45)32-24-25-37-36-18-8-9-23-41(36)46(42(37)28-32)26-10-3-11-27-46/h1-2,4-9,12-25,28H,3,10-11,26-27,29H2. The third-order valence-electron chi connectivity index (χ3n) is 11.2. The lowest BCUT2D eigenvalue weighted by Crippen LogP contribution is -2.28. The molecule has 1 fully saturated rings. The molecule has 0 atom stereocenters. The highest BCUT2D eigenvalue weighted by Crippen LogP contribution is 2.56. The molecule has 3 heteroatoms. The lowest BCUT2D eigenvalue weighted by molar-refractivity contribution is 0.353. The highest BCUT2D eigenvalue weighted by Gasteiger charge is 2.43. The number of aromatic nitrogens is 3. The van der Waals surface area contributed by atoms with E-state index in [-0.39, 0.29) is 5.41 Å². The van der Waals surface area contributed by atoms with Gasteiger partial charge in [-0.3, -0.25) is 0 Å². The van der Waals surface area contributed by atoms with Crippen molar-refractivity contribution >= 4 is 0 Å². The topological polar surface area (TPSA) is 38.7 Å². The van der Waals surface area contributed by atoms with Gasteiger partial charge in [-0.2, -0.15) is 0 Å². The van der Waals surface area contributed by atoms with Gasteiger partial charge in [-0.15, -0.1) is 0 Å². The SMILES string of the molecule is c1ccc(-c2nc(-c3ccc4c(c3)C3(CCCCC3)c3ccccc3-4)nc(-c3cccc4c3Cc3c(-c5ccccc5)cccc3-4)n2)cc1. The van der Waals surface area contributed by atoms with Crippen molar-refractivity contribution in [3.05, 3.63) is 162 Å². The zero-order valence-corrected chi connectivity index (χ0v) is 27.4. The first-order valence-electron chi connectivity index (χ1n) is 17.6. The predicted octanol–water partition coefficient (Wildman–Crippen LogP) is 11.3. The number of hydrogen-bond acceptors (Lipinski definition) is 3. The minimum Gasteiger partial charge on any atom is -0.208 e. The van der Waals surface area contributed by atoms with Crippen LogP contribution in [0.2, 0.25) is 0 Å². The molecule has 0 aliphatic heterocycles. The number of nitrogens with zero attached hydrogens (tertiary/aromatic N) is 3. The Labute approximate surface area is 287 Å². The third-order valence-corrected chi connectivity index (χ3v) is 11.2. The smallest absolute Gasteiger partial charge is 0.164 e. The molecule has 1 saturated carbocycles. The summed E-state index contributed by atoms with van der Waals surface area (Å²) >= 11 is 0. The largest absolute Gasteiger partial charge is 0.208 e. The van der Waals surface area contributed by atoms with Crippen LogP contribution in [-0.4, -0.2) is 15.0 Å². The van der Waals surface area contributed by atoms with E-state index in [0.717, 1.165) is 34.8 Å². The third kappa shape index (κ3) is 4.45. The first-order valence-corrected chi connectivity index (χ1v) is 17.6. The normalized spacial score (nSPS) is 15.0. The van der Waals surface area contributed by atoms with Gasteiger partial charge in [0.15, 0.2) is 17.5 Å². The van der Waals surface area contributed by atoms with E-state index in [4.69, 9.17) is 15.0 Å². The molecule has 49 heavy (non-hydrogen) atoms. The van der Waals surface area contributed by atoms with Crippen molar-refractivity contribution in [2.45, 2.75) is 43.9 Å². The molecule has 0 N–H and O–H groups in total. The van der Waals surface area contributed by atoms with E-state index < -0.39 is 0 Å². The van der Waals surface area contributed by atoms with Crippen LogP contribution in [0.1, 0.15) is 54.4 Å². The van der Waals surface area contributed by atoms with Crippen LogP contribution in [0.15, 0.2) is 140 Å². The van der Waals surface area contributed by atoms with Gasteiger partial charge in [-0.25, -0.2) is 15.0 Å². The van der Waals surface area contributed by atoms with Crippen LogP contribution in [0.3, 0.4) is 0 Å². The quantitative estimate of drug-likeness (QED) is 0.194. The Bertz CT molecular complexity index is 2390. The van der Waals surface area contributed by atoms with Gasteiger partial charge in [0.05, 0.1) is 0 Å². The molecular formula is C46H35N3. The lowest BCUT2D eigenvalue weighted by atomic mass is 9.67. The summed E-state index contributed by atoms with van der Waals surface area (Å²) < 4.78 is 0. The van der Waals surface area contributed by atoms with Gasteiger partial charge in [0.25, 0.3) is 0 Å². The van der Waals surface area contributed by atoms with Gasteiger partial charge in [0.1, 0.15) is 0 Å². The maximum atomic E-state index is 5.31. The van der Waals surface area contributed by atoms with Crippen LogP contribution in [0.25, 0.3) is 67.5 Å². The maximum Gasteiger partial charge on any atom is 0.164 e. The zero-order chi connectivity index (χ0) is 32.4. The minimum atomic E-state index is 0.0702. The van der Waals surface area contributed by atoms with E-state index in [2.05, 4.69) is 133 Å². The van der Waals surface area contributed by atoms with Crippen molar-refractivity contribution in [3.8, 4) is 67.5 Å². The Balaban J connectivity index is 1.14. The molecule has 0 radical (unpaired) electrons. The lowest BCUT2D eigenvalue weighted by Gasteiger charge is -2.36. The fourth-order valence-electron chi connectivity index (χ4n) is 8.96. The van der Waals surface area contributed by atoms with Crippen molar-refractivity contribution in [2.24, 2.45) is 0 Å². The number of benzene rings is 6. The minimum absolute atomic E-state index is 0.0702. The molecule has 234 valence electrons. The van der Waals surface area contributed by atoms with Crippen molar-refractivity contribution in [1.29, 1.82) is 0 Å². The summed E-state index contributed by atoms with van der Waals surface area (Å²) in [6, 6.07) is 50.4. The van der Waals surface area contributed by atoms with Crippen molar-refractivity contribution in [2.75, 3.05) is 0 Å². The molecule has 10 rings (SSSR count). The Morgan fingerprint density at radius 3 is 1.67 bits per heavy atom. The van der Waals surface area contributed by atoms with Crippen LogP contribution in [-0.2, 0) is 11.8 Å². The fraction of sp³-hybridized carbons (Fsp3) is 0.152. The molecule has 0 amide bonds. The molecule has 0 unspecified atom stereocenters. The van der Waals surface area contributed by atoms with Gasteiger partial charge in [0, 0.05) is 28.5 Å². The summed E-state index contributed by atoms with van der Waals surface area (Å²) in [5.41, 5.74) is 16.6. The van der Waals surface area contributed by atoms with E-state index in [1.807, 2.05) is 6.07 Å². The van der Waals surface area contributed by atoms with E-state index >= 15 is 0 Å². The average Bonchev–Trinajstić information content (AvgIpc) is 3.69. The van der Waals surface area contributed by atoms with Gasteiger partial charge in [-0.05, 0) is 74.5 Å². The molecule has 6 aromatic carbocycles. The van der Waals surface area contributed by atoms with Crippen LogP contribution in [0.5, 0.6) is 0 Å². The highest BCUT2D eigenvalue weighted by atomic mass is 15.0. The molecular weight excluding hydrogens is 595 g/mol. The Morgan fingerprint density at radius 2 is 0.918 bits per heavy atom. The second-order valence-electron chi connectivity index (χ2n) is 13.8. The van der Waals surface area contributed by atoms with Crippen molar-refractivity contribution in [3.63, 3.8) is 0 Å². The molecule has 3 aliphatic carbocycles. The summed E-state index contributed by atoms with van der Waals surface area (Å²) in [6.45, 7) is 0. The molecule has 0 bridgehead atoms. The Kier molecular flexibility index (Phi) is 6.48. The summed E-state index contributed by atoms with van der Waals surface area (Å²) in [4.78, 5) is 15.7. The molecule has 7 aromatic rings. The van der Waals surface area contributed by atoms with Crippen LogP contribution in [0.4, 0.5) is 0 Å². The van der Waals surface area contributed by atoms with Gasteiger partial charge in [-0.1, -0.05) is 153 Å². The Hall–Kier alpha value is -5.67. The second kappa shape index (κ2) is 11.2. The molecule has 1 heterocycles. The average molecular weight is 630 g/mol. The monoisotopic (exact) mass is 629 g/mol. The molecule has 0 saturated heterocycles. The number of rotatable bonds is 4. The molecule has 1 aromatic heterocycles. The van der Waals surface area contributed by atoms with Crippen LogP contribution < -0.4 is 0 Å². The first-order chi connectivity index (χ1) is 24.3. The summed E-state index contributed by atoms with van der Waals surface area (Å²) in [5, 5.41) is 0. The molecule has 3 aliphatic rings. The summed E-state index contributed by atoms with van der Waals surface area (Å²) in [6.07, 6.45) is 7.07. The van der Waals surface area contributed by atoms with E-state index in [9.17, 15) is 0 Å². The summed E-state index contributed by atoms with van der Waals surface area (Å²) in [7, 11) is 0. The van der Waals surface area contributed by atoms with Gasteiger partial charge < -0.3 is 0 Å². The number of hydrogen-bond donors (Lipinski definition) is 0. The van der Waals surface area contributed by atoms with Crippen LogP contribution in [0, 0.1) is 0 Å². The first kappa shape index (κ1) is 28.4. The van der Waals surface area contributed by atoms with Crippen molar-refractivity contribution in [1.82, 2.24) is 15.0 Å². The zero-order valence-electron chi connectivity index (χ0n) is 27.4. The van der Waals surface area contributed by atoms with Gasteiger partial charge >= 0.3 is 0 Å². The Morgan fingerprint density at radius 1 is 0.367 bits per heavy atom. The van der Waals surface area contributed by atoms with Crippen molar-refractivity contribution < 1.29 is 0 Å². The second-order valence-corrected chi connectivity index (χ2v) is 13.8. The van der Waals surface area contributed by atoms with Gasteiger partial charge in [0.2, 0.25) is 0 Å². The fourth-order valence-corrected chi connectivity index (χ4v) is 8.96. The molecule has 1 spiro atoms. The highest BCUT2D eigenvalue weighted by molar-refractivity contribution is 5.89.